The minimum Gasteiger partial charge on any atom is -0.477 e. The van der Waals surface area contributed by atoms with Crippen molar-refractivity contribution in [1.82, 2.24) is 25.1 Å². The molecule has 0 aliphatic heterocycles. The average molecular weight is 413 g/mol. The van der Waals surface area contributed by atoms with Crippen LogP contribution in [0.25, 0.3) is 21.3 Å². The number of nitrogens with zero attached hydrogens (tertiary/aromatic N) is 4. The van der Waals surface area contributed by atoms with Crippen LogP contribution >= 0.6 is 22.7 Å². The standard InChI is InChI=1S/C18H16N6O2S2/c1-2-26-17-15(16-20-10-21-24-16)28-18(23-17)11-5-6-19-13(8-11)22-14(25)9-12-4-3-7-27-12/h3-8,10H,2,9H2,1H3,(H,19,22,25)(H,20,21,24). The SMILES string of the molecule is CCOc1nc(-c2ccnc(NC(=O)Cc3cccs3)c2)sc1-c1ncn[nH]1. The Balaban J connectivity index is 1.57. The third-order valence-corrected chi connectivity index (χ3v) is 5.67. The Hall–Kier alpha value is -3.11. The quantitative estimate of drug-likeness (QED) is 0.480. The first-order chi connectivity index (χ1) is 13.7. The van der Waals surface area contributed by atoms with Crippen molar-refractivity contribution in [2.45, 2.75) is 13.3 Å². The molecule has 0 radical (unpaired) electrons. The van der Waals surface area contributed by atoms with E-state index in [4.69, 9.17) is 4.74 Å². The zero-order chi connectivity index (χ0) is 19.3. The molecule has 28 heavy (non-hydrogen) atoms. The Labute approximate surface area is 168 Å². The molecule has 4 heterocycles. The number of anilines is 1. The maximum absolute atomic E-state index is 12.2. The van der Waals surface area contributed by atoms with Crippen LogP contribution in [0.1, 0.15) is 11.8 Å². The maximum atomic E-state index is 12.2. The number of pyridine rings is 1. The van der Waals surface area contributed by atoms with Crippen LogP contribution in [0.3, 0.4) is 0 Å². The minimum atomic E-state index is -0.108. The second-order valence-electron chi connectivity index (χ2n) is 5.65. The van der Waals surface area contributed by atoms with Gasteiger partial charge in [-0.3, -0.25) is 9.89 Å². The van der Waals surface area contributed by atoms with E-state index in [2.05, 4.69) is 30.5 Å². The fourth-order valence-corrected chi connectivity index (χ4v) is 4.18. The number of thiophene rings is 1. The number of rotatable bonds is 7. The molecule has 142 valence electrons. The van der Waals surface area contributed by atoms with Gasteiger partial charge in [-0.25, -0.2) is 15.0 Å². The molecule has 8 nitrogen and oxygen atoms in total. The van der Waals surface area contributed by atoms with E-state index in [1.54, 1.807) is 23.6 Å². The molecule has 4 aromatic heterocycles. The van der Waals surface area contributed by atoms with E-state index in [0.717, 1.165) is 20.3 Å². The van der Waals surface area contributed by atoms with Crippen LogP contribution in [0.4, 0.5) is 5.82 Å². The van der Waals surface area contributed by atoms with Gasteiger partial charge in [0.2, 0.25) is 11.8 Å². The molecule has 4 rings (SSSR count). The van der Waals surface area contributed by atoms with Gasteiger partial charge in [-0.15, -0.1) is 22.7 Å². The van der Waals surface area contributed by atoms with Crippen LogP contribution in [-0.2, 0) is 11.2 Å². The Bertz CT molecular complexity index is 1060. The summed E-state index contributed by atoms with van der Waals surface area (Å²) in [6.45, 7) is 2.39. The van der Waals surface area contributed by atoms with Gasteiger partial charge in [0.05, 0.1) is 13.0 Å². The lowest BCUT2D eigenvalue weighted by Gasteiger charge is -2.04. The van der Waals surface area contributed by atoms with Crippen molar-refractivity contribution >= 4 is 34.4 Å². The van der Waals surface area contributed by atoms with E-state index >= 15 is 0 Å². The summed E-state index contributed by atoms with van der Waals surface area (Å²) in [5.41, 5.74) is 0.832. The van der Waals surface area contributed by atoms with Crippen LogP contribution in [-0.4, -0.2) is 37.7 Å². The Morgan fingerprint density at radius 3 is 3.00 bits per heavy atom. The zero-order valence-corrected chi connectivity index (χ0v) is 16.5. The monoisotopic (exact) mass is 412 g/mol. The van der Waals surface area contributed by atoms with Gasteiger partial charge in [0.15, 0.2) is 5.82 Å². The van der Waals surface area contributed by atoms with E-state index in [1.165, 1.54) is 17.7 Å². The predicted molar refractivity (Wildman–Crippen MR) is 109 cm³/mol. The highest BCUT2D eigenvalue weighted by Crippen LogP contribution is 2.38. The summed E-state index contributed by atoms with van der Waals surface area (Å²) in [7, 11) is 0. The number of carbonyl (C=O) groups is 1. The molecular formula is C18H16N6O2S2. The molecule has 0 saturated carbocycles. The van der Waals surface area contributed by atoms with E-state index in [-0.39, 0.29) is 5.91 Å². The highest BCUT2D eigenvalue weighted by Gasteiger charge is 2.18. The molecule has 0 atom stereocenters. The smallest absolute Gasteiger partial charge is 0.236 e. The van der Waals surface area contributed by atoms with Crippen LogP contribution < -0.4 is 10.1 Å². The van der Waals surface area contributed by atoms with Gasteiger partial charge in [0.1, 0.15) is 22.0 Å². The van der Waals surface area contributed by atoms with Gasteiger partial charge >= 0.3 is 0 Å². The Morgan fingerprint density at radius 2 is 2.25 bits per heavy atom. The summed E-state index contributed by atoms with van der Waals surface area (Å²) in [5.74, 6) is 1.47. The maximum Gasteiger partial charge on any atom is 0.236 e. The summed E-state index contributed by atoms with van der Waals surface area (Å²) in [5, 5.41) is 12.3. The number of thiazole rings is 1. The van der Waals surface area contributed by atoms with Gasteiger partial charge in [-0.1, -0.05) is 6.07 Å². The van der Waals surface area contributed by atoms with Crippen molar-refractivity contribution < 1.29 is 9.53 Å². The van der Waals surface area contributed by atoms with Crippen LogP contribution in [0.5, 0.6) is 5.88 Å². The number of hydrogen-bond donors (Lipinski definition) is 2. The molecule has 1 amide bonds. The first-order valence-electron chi connectivity index (χ1n) is 8.51. The lowest BCUT2D eigenvalue weighted by molar-refractivity contribution is -0.115. The molecular weight excluding hydrogens is 396 g/mol. The highest BCUT2D eigenvalue weighted by atomic mass is 32.1. The number of ether oxygens (including phenoxy) is 1. The van der Waals surface area contributed by atoms with E-state index < -0.39 is 0 Å². The van der Waals surface area contributed by atoms with Crippen molar-refractivity contribution in [3.05, 3.63) is 47.0 Å². The molecule has 0 aliphatic carbocycles. The van der Waals surface area contributed by atoms with Gasteiger partial charge in [-0.2, -0.15) is 5.10 Å². The zero-order valence-electron chi connectivity index (χ0n) is 14.9. The second-order valence-corrected chi connectivity index (χ2v) is 7.69. The van der Waals surface area contributed by atoms with Crippen molar-refractivity contribution in [3.63, 3.8) is 0 Å². The van der Waals surface area contributed by atoms with Crippen molar-refractivity contribution in [3.8, 4) is 27.2 Å². The fraction of sp³-hybridized carbons (Fsp3) is 0.167. The average Bonchev–Trinajstić information content (AvgIpc) is 3.44. The predicted octanol–water partition coefficient (Wildman–Crippen LogP) is 3.63. The van der Waals surface area contributed by atoms with Crippen molar-refractivity contribution in [1.29, 1.82) is 0 Å². The normalized spacial score (nSPS) is 10.8. The van der Waals surface area contributed by atoms with Crippen LogP contribution in [0.15, 0.2) is 42.2 Å². The van der Waals surface area contributed by atoms with Crippen molar-refractivity contribution in [2.24, 2.45) is 0 Å². The molecule has 0 bridgehead atoms. The van der Waals surface area contributed by atoms with Gasteiger partial charge in [0.25, 0.3) is 0 Å². The molecule has 0 aromatic carbocycles. The molecule has 2 N–H and O–H groups in total. The first kappa shape index (κ1) is 18.3. The van der Waals surface area contributed by atoms with E-state index in [9.17, 15) is 4.79 Å². The fourth-order valence-electron chi connectivity index (χ4n) is 2.52. The molecule has 0 saturated heterocycles. The molecule has 0 spiro atoms. The van der Waals surface area contributed by atoms with E-state index in [1.807, 2.05) is 30.5 Å². The van der Waals surface area contributed by atoms with Gasteiger partial charge < -0.3 is 10.1 Å². The highest BCUT2D eigenvalue weighted by molar-refractivity contribution is 7.18. The summed E-state index contributed by atoms with van der Waals surface area (Å²) < 4.78 is 5.64. The van der Waals surface area contributed by atoms with E-state index in [0.29, 0.717) is 30.5 Å². The first-order valence-corrected chi connectivity index (χ1v) is 10.2. The number of H-pyrrole nitrogens is 1. The minimum absolute atomic E-state index is 0.108. The summed E-state index contributed by atoms with van der Waals surface area (Å²) in [4.78, 5) is 27.0. The third kappa shape index (κ3) is 4.07. The largest absolute Gasteiger partial charge is 0.477 e. The lowest BCUT2D eigenvalue weighted by atomic mass is 10.2. The Morgan fingerprint density at radius 1 is 1.32 bits per heavy atom. The number of aromatic nitrogens is 5. The van der Waals surface area contributed by atoms with Gasteiger partial charge in [-0.05, 0) is 30.5 Å². The summed E-state index contributed by atoms with van der Waals surface area (Å²) in [6.07, 6.45) is 3.41. The van der Waals surface area contributed by atoms with Gasteiger partial charge in [0, 0.05) is 16.6 Å². The summed E-state index contributed by atoms with van der Waals surface area (Å²) >= 11 is 2.98. The molecule has 0 aliphatic rings. The van der Waals surface area contributed by atoms with Crippen LogP contribution in [0.2, 0.25) is 0 Å². The second kappa shape index (κ2) is 8.28. The Kier molecular flexibility index (Phi) is 5.40. The lowest BCUT2D eigenvalue weighted by Crippen LogP contribution is -2.14. The molecule has 4 aromatic rings. The number of carbonyl (C=O) groups excluding carboxylic acids is 1. The topological polar surface area (TPSA) is 106 Å². The number of amides is 1. The third-order valence-electron chi connectivity index (χ3n) is 3.70. The summed E-state index contributed by atoms with van der Waals surface area (Å²) in [6, 6.07) is 7.50. The number of nitrogens with one attached hydrogen (secondary N) is 2. The molecule has 0 unspecified atom stereocenters. The number of hydrogen-bond acceptors (Lipinski definition) is 8. The molecule has 10 heteroatoms. The van der Waals surface area contributed by atoms with Crippen molar-refractivity contribution in [2.75, 3.05) is 11.9 Å². The number of aromatic amines is 1. The van der Waals surface area contributed by atoms with Crippen LogP contribution in [0, 0.1) is 0 Å². The molecule has 0 fully saturated rings.